The van der Waals surface area contributed by atoms with Crippen LogP contribution < -0.4 is 5.32 Å². The van der Waals surface area contributed by atoms with Gasteiger partial charge in [0.2, 0.25) is 5.91 Å². The summed E-state index contributed by atoms with van der Waals surface area (Å²) in [6.45, 7) is 8.96. The molecular weight excluding hydrogens is 324 g/mol. The van der Waals surface area contributed by atoms with Gasteiger partial charge in [0.05, 0.1) is 24.8 Å². The smallest absolute Gasteiger partial charge is 0.237 e. The summed E-state index contributed by atoms with van der Waals surface area (Å²) in [6, 6.07) is 5.93. The number of carbonyl (C=O) groups excluding carboxylic acids is 1. The Morgan fingerprint density at radius 3 is 2.83 bits per heavy atom. The van der Waals surface area contributed by atoms with E-state index in [9.17, 15) is 4.79 Å². The molecule has 2 aromatic heterocycles. The number of aromatic nitrogens is 1. The SMILES string of the molecule is Cc1cc(CN2CCN(C(C)C(=O)NCc3cccs3)CC2)on1. The highest BCUT2D eigenvalue weighted by Crippen LogP contribution is 2.12. The maximum absolute atomic E-state index is 12.3. The zero-order chi connectivity index (χ0) is 16.9. The van der Waals surface area contributed by atoms with Crippen LogP contribution in [-0.2, 0) is 17.9 Å². The summed E-state index contributed by atoms with van der Waals surface area (Å²) < 4.78 is 5.28. The minimum Gasteiger partial charge on any atom is -0.360 e. The summed E-state index contributed by atoms with van der Waals surface area (Å²) in [7, 11) is 0. The second-order valence-corrected chi connectivity index (χ2v) is 7.25. The average Bonchev–Trinajstić information content (AvgIpc) is 3.24. The molecule has 1 aliphatic rings. The number of piperazine rings is 1. The first-order chi connectivity index (χ1) is 11.6. The summed E-state index contributed by atoms with van der Waals surface area (Å²) >= 11 is 1.67. The Bertz CT molecular complexity index is 647. The fourth-order valence-corrected chi connectivity index (χ4v) is 3.57. The molecule has 1 fully saturated rings. The minimum absolute atomic E-state index is 0.0976. The number of aryl methyl sites for hydroxylation is 1. The molecule has 1 aliphatic heterocycles. The van der Waals surface area contributed by atoms with Gasteiger partial charge in [0.25, 0.3) is 0 Å². The second-order valence-electron chi connectivity index (χ2n) is 6.22. The summed E-state index contributed by atoms with van der Waals surface area (Å²) in [5.74, 6) is 1.00. The summed E-state index contributed by atoms with van der Waals surface area (Å²) in [4.78, 5) is 18.1. The number of nitrogens with zero attached hydrogens (tertiary/aromatic N) is 3. The Morgan fingerprint density at radius 1 is 1.42 bits per heavy atom. The van der Waals surface area contributed by atoms with Crippen molar-refractivity contribution in [3.05, 3.63) is 39.9 Å². The van der Waals surface area contributed by atoms with Gasteiger partial charge in [0.15, 0.2) is 5.76 Å². The van der Waals surface area contributed by atoms with Gasteiger partial charge < -0.3 is 9.84 Å². The van der Waals surface area contributed by atoms with Crippen LogP contribution in [0.1, 0.15) is 23.3 Å². The van der Waals surface area contributed by atoms with Crippen molar-refractivity contribution in [1.29, 1.82) is 0 Å². The molecule has 2 aromatic rings. The molecule has 0 bridgehead atoms. The molecule has 0 spiro atoms. The maximum atomic E-state index is 12.3. The van der Waals surface area contributed by atoms with Crippen LogP contribution in [-0.4, -0.2) is 53.1 Å². The Hall–Kier alpha value is -1.70. The highest BCUT2D eigenvalue weighted by atomic mass is 32.1. The highest BCUT2D eigenvalue weighted by molar-refractivity contribution is 7.09. The van der Waals surface area contributed by atoms with Gasteiger partial charge in [-0.25, -0.2) is 0 Å². The Morgan fingerprint density at radius 2 is 2.21 bits per heavy atom. The van der Waals surface area contributed by atoms with Crippen molar-refractivity contribution in [2.24, 2.45) is 0 Å². The Labute approximate surface area is 146 Å². The van der Waals surface area contributed by atoms with Gasteiger partial charge in [-0.2, -0.15) is 0 Å². The van der Waals surface area contributed by atoms with E-state index < -0.39 is 0 Å². The van der Waals surface area contributed by atoms with E-state index in [4.69, 9.17) is 4.52 Å². The van der Waals surface area contributed by atoms with Gasteiger partial charge in [-0.3, -0.25) is 14.6 Å². The molecule has 0 radical (unpaired) electrons. The topological polar surface area (TPSA) is 61.6 Å². The molecule has 1 N–H and O–H groups in total. The van der Waals surface area contributed by atoms with Crippen LogP contribution in [0.3, 0.4) is 0 Å². The molecule has 1 amide bonds. The molecular formula is C17H24N4O2S. The molecule has 0 aromatic carbocycles. The van der Waals surface area contributed by atoms with Crippen LogP contribution in [0.4, 0.5) is 0 Å². The molecule has 1 unspecified atom stereocenters. The zero-order valence-electron chi connectivity index (χ0n) is 14.2. The van der Waals surface area contributed by atoms with E-state index in [-0.39, 0.29) is 11.9 Å². The molecule has 7 heteroatoms. The van der Waals surface area contributed by atoms with Gasteiger partial charge in [0, 0.05) is 37.1 Å². The zero-order valence-corrected chi connectivity index (χ0v) is 15.0. The lowest BCUT2D eigenvalue weighted by atomic mass is 10.2. The van der Waals surface area contributed by atoms with Gasteiger partial charge >= 0.3 is 0 Å². The lowest BCUT2D eigenvalue weighted by Gasteiger charge is -2.37. The fraction of sp³-hybridized carbons (Fsp3) is 0.529. The number of amides is 1. The van der Waals surface area contributed by atoms with Crippen molar-refractivity contribution >= 4 is 17.2 Å². The van der Waals surface area contributed by atoms with Crippen LogP contribution in [0, 0.1) is 6.92 Å². The van der Waals surface area contributed by atoms with E-state index in [0.29, 0.717) is 6.54 Å². The van der Waals surface area contributed by atoms with E-state index >= 15 is 0 Å². The fourth-order valence-electron chi connectivity index (χ4n) is 2.92. The summed E-state index contributed by atoms with van der Waals surface area (Å²) in [5.41, 5.74) is 0.916. The van der Waals surface area contributed by atoms with Crippen LogP contribution in [0.25, 0.3) is 0 Å². The van der Waals surface area contributed by atoms with Gasteiger partial charge in [-0.15, -0.1) is 11.3 Å². The van der Waals surface area contributed by atoms with E-state index in [1.54, 1.807) is 11.3 Å². The van der Waals surface area contributed by atoms with Crippen molar-refractivity contribution in [3.8, 4) is 0 Å². The monoisotopic (exact) mass is 348 g/mol. The normalized spacial score (nSPS) is 17.8. The molecule has 3 heterocycles. The maximum Gasteiger partial charge on any atom is 0.237 e. The molecule has 0 aliphatic carbocycles. The minimum atomic E-state index is -0.0976. The number of hydrogen-bond donors (Lipinski definition) is 1. The average molecular weight is 348 g/mol. The molecule has 1 atom stereocenters. The van der Waals surface area contributed by atoms with Crippen LogP contribution >= 0.6 is 11.3 Å². The number of hydrogen-bond acceptors (Lipinski definition) is 6. The number of rotatable bonds is 6. The third-order valence-electron chi connectivity index (χ3n) is 4.41. The molecule has 6 nitrogen and oxygen atoms in total. The first-order valence-electron chi connectivity index (χ1n) is 8.30. The van der Waals surface area contributed by atoms with E-state index in [0.717, 1.165) is 44.2 Å². The Kier molecular flexibility index (Phi) is 5.65. The predicted octanol–water partition coefficient (Wildman–Crippen LogP) is 1.87. The van der Waals surface area contributed by atoms with Crippen molar-refractivity contribution in [1.82, 2.24) is 20.3 Å². The summed E-state index contributed by atoms with van der Waals surface area (Å²) in [6.07, 6.45) is 0. The van der Waals surface area contributed by atoms with Crippen LogP contribution in [0.2, 0.25) is 0 Å². The summed E-state index contributed by atoms with van der Waals surface area (Å²) in [5, 5.41) is 8.98. The molecule has 0 saturated carbocycles. The molecule has 24 heavy (non-hydrogen) atoms. The van der Waals surface area contributed by atoms with Gasteiger partial charge in [-0.05, 0) is 25.3 Å². The standard InChI is InChI=1S/C17H24N4O2S/c1-13-10-15(23-19-13)12-20-5-7-21(8-6-20)14(2)17(22)18-11-16-4-3-9-24-16/h3-4,9-10,14H,5-8,11-12H2,1-2H3,(H,18,22). The van der Waals surface area contributed by atoms with Gasteiger partial charge in [-0.1, -0.05) is 11.2 Å². The van der Waals surface area contributed by atoms with E-state index in [1.807, 2.05) is 37.4 Å². The number of carbonyl (C=O) groups is 1. The lowest BCUT2D eigenvalue weighted by Crippen LogP contribution is -2.53. The largest absolute Gasteiger partial charge is 0.360 e. The number of nitrogens with one attached hydrogen (secondary N) is 1. The van der Waals surface area contributed by atoms with Crippen molar-refractivity contribution in [2.45, 2.75) is 33.0 Å². The molecule has 3 rings (SSSR count). The lowest BCUT2D eigenvalue weighted by molar-refractivity contribution is -0.126. The van der Waals surface area contributed by atoms with Gasteiger partial charge in [0.1, 0.15) is 0 Å². The molecule has 1 saturated heterocycles. The predicted molar refractivity (Wildman–Crippen MR) is 93.7 cm³/mol. The Balaban J connectivity index is 1.42. The first kappa shape index (κ1) is 17.1. The highest BCUT2D eigenvalue weighted by Gasteiger charge is 2.25. The van der Waals surface area contributed by atoms with Crippen molar-refractivity contribution in [3.63, 3.8) is 0 Å². The quantitative estimate of drug-likeness (QED) is 0.863. The van der Waals surface area contributed by atoms with Crippen molar-refractivity contribution in [2.75, 3.05) is 26.2 Å². The number of thiophene rings is 1. The van der Waals surface area contributed by atoms with Crippen molar-refractivity contribution < 1.29 is 9.32 Å². The molecule has 130 valence electrons. The third kappa shape index (κ3) is 4.43. The second kappa shape index (κ2) is 7.92. The first-order valence-corrected chi connectivity index (χ1v) is 9.18. The van der Waals surface area contributed by atoms with E-state index in [2.05, 4.69) is 20.3 Å². The van der Waals surface area contributed by atoms with E-state index in [1.165, 1.54) is 4.88 Å². The van der Waals surface area contributed by atoms with Crippen LogP contribution in [0.15, 0.2) is 28.1 Å². The third-order valence-corrected chi connectivity index (χ3v) is 5.28. The van der Waals surface area contributed by atoms with Crippen LogP contribution in [0.5, 0.6) is 0 Å².